The minimum absolute atomic E-state index is 0.0601. The standard InChI is InChI=1S/C11H10ClN3O4/c1-2-10-13-11(19-14-10)6-18-9-4-3-7(15(16)17)5-8(9)12/h3-5H,2,6H2,1H3. The van der Waals surface area contributed by atoms with Crippen molar-refractivity contribution < 1.29 is 14.2 Å². The first-order chi connectivity index (χ1) is 9.10. The Kier molecular flexibility index (Phi) is 3.96. The number of rotatable bonds is 5. The lowest BCUT2D eigenvalue weighted by atomic mass is 10.3. The molecule has 1 aromatic carbocycles. The molecule has 0 aliphatic heterocycles. The van der Waals surface area contributed by atoms with Gasteiger partial charge in [0, 0.05) is 18.6 Å². The molecular formula is C11H10ClN3O4. The van der Waals surface area contributed by atoms with E-state index in [0.717, 1.165) is 0 Å². The third-order valence-electron chi connectivity index (χ3n) is 2.30. The zero-order valence-electron chi connectivity index (χ0n) is 10.00. The van der Waals surface area contributed by atoms with Crippen LogP contribution in [-0.2, 0) is 13.0 Å². The van der Waals surface area contributed by atoms with E-state index in [4.69, 9.17) is 20.9 Å². The number of nitro benzene ring substituents is 1. The minimum atomic E-state index is -0.527. The highest BCUT2D eigenvalue weighted by Gasteiger charge is 2.12. The van der Waals surface area contributed by atoms with Gasteiger partial charge in [-0.1, -0.05) is 23.7 Å². The summed E-state index contributed by atoms with van der Waals surface area (Å²) in [6, 6.07) is 3.96. The molecule has 0 radical (unpaired) electrons. The van der Waals surface area contributed by atoms with Crippen LogP contribution in [0.15, 0.2) is 22.7 Å². The lowest BCUT2D eigenvalue weighted by Crippen LogP contribution is -1.97. The van der Waals surface area contributed by atoms with Gasteiger partial charge in [-0.15, -0.1) is 0 Å². The molecule has 7 nitrogen and oxygen atoms in total. The van der Waals surface area contributed by atoms with E-state index in [-0.39, 0.29) is 17.3 Å². The molecule has 0 unspecified atom stereocenters. The third-order valence-corrected chi connectivity index (χ3v) is 2.60. The van der Waals surface area contributed by atoms with Gasteiger partial charge in [0.15, 0.2) is 12.4 Å². The Hall–Kier alpha value is -2.15. The van der Waals surface area contributed by atoms with Crippen molar-refractivity contribution >= 4 is 17.3 Å². The zero-order valence-corrected chi connectivity index (χ0v) is 10.8. The van der Waals surface area contributed by atoms with E-state index in [1.807, 2.05) is 6.92 Å². The molecule has 1 aromatic heterocycles. The molecule has 8 heteroatoms. The number of aryl methyl sites for hydroxylation is 1. The van der Waals surface area contributed by atoms with Gasteiger partial charge in [0.05, 0.1) is 9.95 Å². The van der Waals surface area contributed by atoms with Gasteiger partial charge in [-0.25, -0.2) is 0 Å². The van der Waals surface area contributed by atoms with Crippen molar-refractivity contribution in [1.29, 1.82) is 0 Å². The van der Waals surface area contributed by atoms with E-state index in [9.17, 15) is 10.1 Å². The average Bonchev–Trinajstić information content (AvgIpc) is 2.85. The number of halogens is 1. The molecule has 0 saturated heterocycles. The van der Waals surface area contributed by atoms with E-state index in [0.29, 0.717) is 23.9 Å². The summed E-state index contributed by atoms with van der Waals surface area (Å²) in [7, 11) is 0. The number of ether oxygens (including phenoxy) is 1. The minimum Gasteiger partial charge on any atom is -0.482 e. The highest BCUT2D eigenvalue weighted by Crippen LogP contribution is 2.29. The van der Waals surface area contributed by atoms with Gasteiger partial charge in [-0.05, 0) is 6.07 Å². The number of aromatic nitrogens is 2. The highest BCUT2D eigenvalue weighted by atomic mass is 35.5. The second kappa shape index (κ2) is 5.66. The Bertz CT molecular complexity index is 599. The second-order valence-electron chi connectivity index (χ2n) is 3.62. The van der Waals surface area contributed by atoms with Crippen molar-refractivity contribution in [2.75, 3.05) is 0 Å². The largest absolute Gasteiger partial charge is 0.482 e. The maximum atomic E-state index is 10.6. The summed E-state index contributed by atoms with van der Waals surface area (Å²) in [4.78, 5) is 14.1. The van der Waals surface area contributed by atoms with Crippen LogP contribution in [0.25, 0.3) is 0 Å². The van der Waals surface area contributed by atoms with Gasteiger partial charge in [0.1, 0.15) is 5.75 Å². The number of nitrogens with zero attached hydrogens (tertiary/aromatic N) is 3. The molecule has 2 rings (SSSR count). The van der Waals surface area contributed by atoms with Crippen molar-refractivity contribution in [3.05, 3.63) is 45.1 Å². The van der Waals surface area contributed by atoms with Crippen LogP contribution in [0.2, 0.25) is 5.02 Å². The summed E-state index contributed by atoms with van der Waals surface area (Å²) in [6.45, 7) is 1.97. The van der Waals surface area contributed by atoms with Gasteiger partial charge < -0.3 is 9.26 Å². The number of hydrogen-bond acceptors (Lipinski definition) is 6. The Morgan fingerprint density at radius 3 is 2.89 bits per heavy atom. The fourth-order valence-corrected chi connectivity index (χ4v) is 1.58. The van der Waals surface area contributed by atoms with E-state index < -0.39 is 4.92 Å². The quantitative estimate of drug-likeness (QED) is 0.619. The molecule has 0 aliphatic rings. The number of nitro groups is 1. The van der Waals surface area contributed by atoms with Crippen molar-refractivity contribution in [3.63, 3.8) is 0 Å². The maximum Gasteiger partial charge on any atom is 0.271 e. The van der Waals surface area contributed by atoms with Crippen LogP contribution in [0.5, 0.6) is 5.75 Å². The highest BCUT2D eigenvalue weighted by molar-refractivity contribution is 6.32. The van der Waals surface area contributed by atoms with Gasteiger partial charge >= 0.3 is 0 Å². The van der Waals surface area contributed by atoms with Crippen LogP contribution in [0, 0.1) is 10.1 Å². The fraction of sp³-hybridized carbons (Fsp3) is 0.273. The van der Waals surface area contributed by atoms with E-state index in [1.165, 1.54) is 18.2 Å². The van der Waals surface area contributed by atoms with Crippen LogP contribution in [0.1, 0.15) is 18.6 Å². The first-order valence-corrected chi connectivity index (χ1v) is 5.86. The lowest BCUT2D eigenvalue weighted by molar-refractivity contribution is -0.384. The molecule has 0 bridgehead atoms. The topological polar surface area (TPSA) is 91.3 Å². The summed E-state index contributed by atoms with van der Waals surface area (Å²) >= 11 is 5.88. The molecular weight excluding hydrogens is 274 g/mol. The lowest BCUT2D eigenvalue weighted by Gasteiger charge is -2.04. The first kappa shape index (κ1) is 13.3. The van der Waals surface area contributed by atoms with Crippen LogP contribution >= 0.6 is 11.6 Å². The molecule has 0 spiro atoms. The average molecular weight is 284 g/mol. The normalized spacial score (nSPS) is 10.4. The van der Waals surface area contributed by atoms with E-state index in [1.54, 1.807) is 0 Å². The molecule has 1 heterocycles. The van der Waals surface area contributed by atoms with E-state index >= 15 is 0 Å². The van der Waals surface area contributed by atoms with Crippen LogP contribution in [0.3, 0.4) is 0 Å². The molecule has 0 fully saturated rings. The van der Waals surface area contributed by atoms with Crippen molar-refractivity contribution in [3.8, 4) is 5.75 Å². The van der Waals surface area contributed by atoms with Gasteiger partial charge in [-0.3, -0.25) is 10.1 Å². The SMILES string of the molecule is CCc1noc(COc2ccc([N+](=O)[O-])cc2Cl)n1. The Balaban J connectivity index is 2.05. The molecule has 100 valence electrons. The summed E-state index contributed by atoms with van der Waals surface area (Å²) in [5.41, 5.74) is -0.0941. The Morgan fingerprint density at radius 1 is 1.53 bits per heavy atom. The van der Waals surface area contributed by atoms with Crippen LogP contribution < -0.4 is 4.74 Å². The summed E-state index contributed by atoms with van der Waals surface area (Å²) in [6.07, 6.45) is 0.668. The summed E-state index contributed by atoms with van der Waals surface area (Å²) < 4.78 is 10.3. The molecule has 19 heavy (non-hydrogen) atoms. The molecule has 0 aliphatic carbocycles. The molecule has 0 N–H and O–H groups in total. The van der Waals surface area contributed by atoms with Crippen molar-refractivity contribution in [1.82, 2.24) is 10.1 Å². The second-order valence-corrected chi connectivity index (χ2v) is 4.03. The van der Waals surface area contributed by atoms with E-state index in [2.05, 4.69) is 10.1 Å². The fourth-order valence-electron chi connectivity index (χ4n) is 1.35. The maximum absolute atomic E-state index is 10.6. The van der Waals surface area contributed by atoms with Gasteiger partial charge in [0.25, 0.3) is 11.6 Å². The van der Waals surface area contributed by atoms with Crippen molar-refractivity contribution in [2.24, 2.45) is 0 Å². The van der Waals surface area contributed by atoms with Crippen molar-refractivity contribution in [2.45, 2.75) is 20.0 Å². The predicted molar refractivity (Wildman–Crippen MR) is 66.1 cm³/mol. The van der Waals surface area contributed by atoms with Crippen LogP contribution in [0.4, 0.5) is 5.69 Å². The number of benzene rings is 1. The van der Waals surface area contributed by atoms with Gasteiger partial charge in [0.2, 0.25) is 0 Å². The number of hydrogen-bond donors (Lipinski definition) is 0. The summed E-state index contributed by atoms with van der Waals surface area (Å²) in [5.74, 6) is 1.24. The monoisotopic (exact) mass is 283 g/mol. The molecule has 0 atom stereocenters. The molecule has 0 saturated carbocycles. The van der Waals surface area contributed by atoms with Gasteiger partial charge in [-0.2, -0.15) is 4.98 Å². The molecule has 0 amide bonds. The first-order valence-electron chi connectivity index (χ1n) is 5.48. The Labute approximate surface area is 113 Å². The Morgan fingerprint density at radius 2 is 2.32 bits per heavy atom. The molecule has 2 aromatic rings. The smallest absolute Gasteiger partial charge is 0.271 e. The predicted octanol–water partition coefficient (Wildman–Crippen LogP) is 2.77. The third kappa shape index (κ3) is 3.19. The number of non-ortho nitro benzene ring substituents is 1. The summed E-state index contributed by atoms with van der Waals surface area (Å²) in [5, 5.41) is 14.4. The van der Waals surface area contributed by atoms with Crippen LogP contribution in [-0.4, -0.2) is 15.1 Å². The zero-order chi connectivity index (χ0) is 13.8.